The topological polar surface area (TPSA) is 114 Å². The van der Waals surface area contributed by atoms with E-state index in [-0.39, 0.29) is 22.4 Å². The molecule has 2 heterocycles. The van der Waals surface area contributed by atoms with Crippen LogP contribution in [0.4, 0.5) is 11.5 Å². The molecule has 1 saturated heterocycles. The number of hydrogen-bond acceptors (Lipinski definition) is 8. The van der Waals surface area contributed by atoms with Crippen LogP contribution in [0.15, 0.2) is 70.1 Å². The molecule has 0 unspecified atom stereocenters. The van der Waals surface area contributed by atoms with Gasteiger partial charge in [-0.1, -0.05) is 29.4 Å². The lowest BCUT2D eigenvalue weighted by atomic mass is 10.0. The quantitative estimate of drug-likeness (QED) is 0.350. The predicted molar refractivity (Wildman–Crippen MR) is 147 cm³/mol. The Morgan fingerprint density at radius 1 is 0.974 bits per heavy atom. The van der Waals surface area contributed by atoms with Crippen molar-refractivity contribution >= 4 is 38.4 Å². The van der Waals surface area contributed by atoms with E-state index in [0.29, 0.717) is 42.9 Å². The van der Waals surface area contributed by atoms with Crippen LogP contribution in [0.5, 0.6) is 11.5 Å². The van der Waals surface area contributed by atoms with E-state index < -0.39 is 10.0 Å². The lowest BCUT2D eigenvalue weighted by Gasteiger charge is -2.35. The third-order valence-corrected chi connectivity index (χ3v) is 7.96. The second-order valence-electron chi connectivity index (χ2n) is 8.81. The van der Waals surface area contributed by atoms with Gasteiger partial charge in [-0.3, -0.25) is 9.52 Å². The maximum atomic E-state index is 13.1. The molecule has 0 atom stereocenters. The predicted octanol–water partition coefficient (Wildman–Crippen LogP) is 3.59. The molecule has 1 aliphatic heterocycles. The van der Waals surface area contributed by atoms with Gasteiger partial charge in [0, 0.05) is 31.9 Å². The van der Waals surface area contributed by atoms with Gasteiger partial charge in [0.1, 0.15) is 21.8 Å². The lowest BCUT2D eigenvalue weighted by Crippen LogP contribution is -2.48. The number of anilines is 2. The molecule has 200 valence electrons. The van der Waals surface area contributed by atoms with Gasteiger partial charge in [0.15, 0.2) is 11.4 Å². The van der Waals surface area contributed by atoms with Gasteiger partial charge in [0.05, 0.1) is 14.2 Å². The second kappa shape index (κ2) is 10.6. The number of methoxy groups -OCH3 is 2. The number of nitrogens with zero attached hydrogens (tertiary/aromatic N) is 3. The smallest absolute Gasteiger partial charge is 0.298 e. The number of fused-ring (bicyclic) bond motifs is 1. The van der Waals surface area contributed by atoms with Crippen molar-refractivity contribution in [3.8, 4) is 35.0 Å². The zero-order chi connectivity index (χ0) is 27.6. The molecule has 0 spiro atoms. The van der Waals surface area contributed by atoms with Gasteiger partial charge in [-0.2, -0.15) is 0 Å². The summed E-state index contributed by atoms with van der Waals surface area (Å²) in [6, 6.07) is 17.9. The fraction of sp³-hybridized carbons (Fsp3) is 0.214. The molecule has 0 radical (unpaired) electrons. The summed E-state index contributed by atoms with van der Waals surface area (Å²) in [5, 5.41) is 4.38. The van der Waals surface area contributed by atoms with E-state index in [1.807, 2.05) is 30.3 Å². The summed E-state index contributed by atoms with van der Waals surface area (Å²) in [7, 11) is -1.13. The zero-order valence-corrected chi connectivity index (χ0v) is 22.2. The molecule has 10 nitrogen and oxygen atoms in total. The number of hydrogen-bond donors (Lipinski definition) is 1. The van der Waals surface area contributed by atoms with Gasteiger partial charge in [0.2, 0.25) is 0 Å². The maximum Gasteiger partial charge on any atom is 0.298 e. The minimum absolute atomic E-state index is 0.00689. The molecule has 0 saturated carbocycles. The monoisotopic (exact) mass is 546 g/mol. The molecule has 1 N–H and O–H groups in total. The van der Waals surface area contributed by atoms with E-state index in [0.717, 1.165) is 16.8 Å². The number of piperazine rings is 1. The van der Waals surface area contributed by atoms with Crippen molar-refractivity contribution in [2.24, 2.45) is 0 Å². The number of carbonyl (C=O) groups is 1. The first-order valence-electron chi connectivity index (χ1n) is 12.1. The maximum absolute atomic E-state index is 13.1. The molecule has 5 rings (SSSR count). The van der Waals surface area contributed by atoms with E-state index in [4.69, 9.17) is 20.4 Å². The number of benzene rings is 3. The van der Waals surface area contributed by atoms with Crippen LogP contribution in [0.2, 0.25) is 0 Å². The van der Waals surface area contributed by atoms with E-state index >= 15 is 0 Å². The molecule has 0 aliphatic carbocycles. The SMILES string of the molecule is C#CC(=O)N1CCN(c2cccc(-c3cc(OC)c4c(NS(=O)(=O)c5ccccc5OC)noc4c3)c2)CC1. The van der Waals surface area contributed by atoms with Crippen molar-refractivity contribution in [1.82, 2.24) is 10.1 Å². The number of nitrogens with one attached hydrogen (secondary N) is 1. The second-order valence-corrected chi connectivity index (χ2v) is 10.5. The van der Waals surface area contributed by atoms with Crippen LogP contribution >= 0.6 is 0 Å². The average molecular weight is 547 g/mol. The van der Waals surface area contributed by atoms with E-state index in [2.05, 4.69) is 20.7 Å². The fourth-order valence-electron chi connectivity index (χ4n) is 4.60. The summed E-state index contributed by atoms with van der Waals surface area (Å²) in [6.07, 6.45) is 5.25. The van der Waals surface area contributed by atoms with Crippen LogP contribution in [0, 0.1) is 12.3 Å². The minimum Gasteiger partial charge on any atom is -0.496 e. The fourth-order valence-corrected chi connectivity index (χ4v) is 5.78. The van der Waals surface area contributed by atoms with Gasteiger partial charge in [-0.25, -0.2) is 8.42 Å². The number of carbonyl (C=O) groups excluding carboxylic acids is 1. The van der Waals surface area contributed by atoms with Crippen molar-refractivity contribution in [2.75, 3.05) is 50.0 Å². The Hall–Kier alpha value is -4.69. The van der Waals surface area contributed by atoms with Crippen LogP contribution in [-0.4, -0.2) is 64.8 Å². The number of rotatable bonds is 7. The molecule has 1 aromatic heterocycles. The standard InChI is InChI=1S/C28H26N4O6S/c1-4-26(33)32-14-12-31(13-15-32)21-9-7-8-19(16-21)20-17-23(37-3)27-24(18-20)38-29-28(27)30-39(34,35)25-11-6-5-10-22(25)36-2/h1,5-11,16-18H,12-15H2,2-3H3,(H,29,30). The number of amides is 1. The molecular formula is C28H26N4O6S. The van der Waals surface area contributed by atoms with Crippen molar-refractivity contribution in [2.45, 2.75) is 4.90 Å². The molecule has 39 heavy (non-hydrogen) atoms. The van der Waals surface area contributed by atoms with Crippen LogP contribution in [0.1, 0.15) is 0 Å². The normalized spacial score (nSPS) is 13.7. The van der Waals surface area contributed by atoms with Crippen molar-refractivity contribution in [3.05, 3.63) is 60.7 Å². The molecule has 3 aromatic carbocycles. The van der Waals surface area contributed by atoms with Gasteiger partial charge >= 0.3 is 0 Å². The average Bonchev–Trinajstić information content (AvgIpc) is 3.38. The molecule has 11 heteroatoms. The first-order chi connectivity index (χ1) is 18.8. The van der Waals surface area contributed by atoms with Crippen LogP contribution in [0.3, 0.4) is 0 Å². The molecule has 1 amide bonds. The summed E-state index contributed by atoms with van der Waals surface area (Å²) in [5.41, 5.74) is 3.07. The Bertz CT molecular complexity index is 1680. The summed E-state index contributed by atoms with van der Waals surface area (Å²) >= 11 is 0. The minimum atomic E-state index is -4.03. The number of ether oxygens (including phenoxy) is 2. The van der Waals surface area contributed by atoms with Gasteiger partial charge in [0.25, 0.3) is 15.9 Å². The van der Waals surface area contributed by atoms with Gasteiger partial charge in [-0.05, 0) is 53.4 Å². The molecule has 0 bridgehead atoms. The van der Waals surface area contributed by atoms with Crippen LogP contribution in [0.25, 0.3) is 22.1 Å². The number of para-hydroxylation sites is 1. The molecule has 1 aliphatic rings. The molecular weight excluding hydrogens is 520 g/mol. The Labute approximate surface area is 226 Å². The highest BCUT2D eigenvalue weighted by Crippen LogP contribution is 2.38. The highest BCUT2D eigenvalue weighted by atomic mass is 32.2. The Balaban J connectivity index is 1.44. The van der Waals surface area contributed by atoms with Crippen molar-refractivity contribution in [3.63, 3.8) is 0 Å². The third kappa shape index (κ3) is 5.06. The van der Waals surface area contributed by atoms with E-state index in [1.54, 1.807) is 29.2 Å². The van der Waals surface area contributed by atoms with E-state index in [1.165, 1.54) is 20.3 Å². The number of aromatic nitrogens is 1. The first-order valence-corrected chi connectivity index (χ1v) is 13.6. The summed E-state index contributed by atoms with van der Waals surface area (Å²) < 4.78 is 45.1. The van der Waals surface area contributed by atoms with Crippen LogP contribution in [-0.2, 0) is 14.8 Å². The summed E-state index contributed by atoms with van der Waals surface area (Å²) in [4.78, 5) is 15.6. The highest BCUT2D eigenvalue weighted by molar-refractivity contribution is 7.92. The largest absolute Gasteiger partial charge is 0.496 e. The number of terminal acetylenes is 1. The van der Waals surface area contributed by atoms with E-state index in [9.17, 15) is 13.2 Å². The molecule has 4 aromatic rings. The van der Waals surface area contributed by atoms with Crippen molar-refractivity contribution in [1.29, 1.82) is 0 Å². The number of sulfonamides is 1. The van der Waals surface area contributed by atoms with Crippen molar-refractivity contribution < 1.29 is 27.2 Å². The van der Waals surface area contributed by atoms with Crippen LogP contribution < -0.4 is 19.1 Å². The Morgan fingerprint density at radius 3 is 2.44 bits per heavy atom. The summed E-state index contributed by atoms with van der Waals surface area (Å²) in [5.74, 6) is 2.49. The van der Waals surface area contributed by atoms with Gasteiger partial charge < -0.3 is 23.8 Å². The summed E-state index contributed by atoms with van der Waals surface area (Å²) in [6.45, 7) is 2.44. The Morgan fingerprint density at radius 2 is 1.72 bits per heavy atom. The van der Waals surface area contributed by atoms with Gasteiger partial charge in [-0.15, -0.1) is 6.42 Å². The Kier molecular flexibility index (Phi) is 7.04. The third-order valence-electron chi connectivity index (χ3n) is 6.58. The lowest BCUT2D eigenvalue weighted by molar-refractivity contribution is -0.125. The highest BCUT2D eigenvalue weighted by Gasteiger charge is 2.25. The zero-order valence-electron chi connectivity index (χ0n) is 21.4. The first kappa shape index (κ1) is 25.9. The molecule has 1 fully saturated rings.